The predicted molar refractivity (Wildman–Crippen MR) is 167 cm³/mol. The number of ether oxygens (including phenoxy) is 3. The van der Waals surface area contributed by atoms with Gasteiger partial charge in [-0.05, 0) is 89.6 Å². The minimum absolute atomic E-state index is 0.216. The smallest absolute Gasteiger partial charge is 0.267 e. The largest absolute Gasteiger partial charge is 0.497 e. The van der Waals surface area contributed by atoms with E-state index in [-0.39, 0.29) is 19.1 Å². The van der Waals surface area contributed by atoms with E-state index in [4.69, 9.17) is 41.8 Å². The highest BCUT2D eigenvalue weighted by atomic mass is 35.5. The summed E-state index contributed by atoms with van der Waals surface area (Å²) >= 11 is 13.5. The molecule has 0 aliphatic carbocycles. The second kappa shape index (κ2) is 13.7. The summed E-state index contributed by atoms with van der Waals surface area (Å²) in [4.78, 5) is 15.5. The summed E-state index contributed by atoms with van der Waals surface area (Å²) in [6, 6.07) is 21.7. The van der Waals surface area contributed by atoms with Crippen LogP contribution in [-0.4, -0.2) is 36.4 Å². The topological polar surface area (TPSA) is 85.9 Å². The average molecular weight is 623 g/mol. The van der Waals surface area contributed by atoms with E-state index in [1.54, 1.807) is 69.2 Å². The zero-order chi connectivity index (χ0) is 29.5. The molecule has 8 nitrogen and oxygen atoms in total. The summed E-state index contributed by atoms with van der Waals surface area (Å²) in [5, 5.41) is 10.1. The van der Waals surface area contributed by atoms with Crippen molar-refractivity contribution in [1.82, 2.24) is 4.90 Å². The molecule has 42 heavy (non-hydrogen) atoms. The Balaban J connectivity index is 1.36. The number of methoxy groups -OCH3 is 2. The fourth-order valence-electron chi connectivity index (χ4n) is 3.95. The number of benzene rings is 3. The molecule has 0 bridgehead atoms. The molecule has 1 saturated heterocycles. The molecule has 1 fully saturated rings. The Bertz CT molecular complexity index is 1650. The lowest BCUT2D eigenvalue weighted by molar-refractivity contribution is -0.122. The quantitative estimate of drug-likeness (QED) is 0.102. The van der Waals surface area contributed by atoms with Gasteiger partial charge in [-0.25, -0.2) is 0 Å². The maximum atomic E-state index is 13.5. The highest BCUT2D eigenvalue weighted by molar-refractivity contribution is 8.18. The molecular formula is C31H25Cl2N3O5S. The van der Waals surface area contributed by atoms with Gasteiger partial charge < -0.3 is 18.6 Å². The lowest BCUT2D eigenvalue weighted by Gasteiger charge is -2.13. The third-order valence-electron chi connectivity index (χ3n) is 6.13. The molecule has 1 aliphatic heterocycles. The summed E-state index contributed by atoms with van der Waals surface area (Å²) < 4.78 is 22.2. The summed E-state index contributed by atoms with van der Waals surface area (Å²) in [7, 11) is 3.17. The number of thioether (sulfide) groups is 1. The van der Waals surface area contributed by atoms with E-state index in [0.29, 0.717) is 37.4 Å². The fourth-order valence-corrected chi connectivity index (χ4v) is 5.35. The first-order valence-electron chi connectivity index (χ1n) is 12.7. The van der Waals surface area contributed by atoms with Crippen molar-refractivity contribution in [2.24, 2.45) is 10.2 Å². The van der Waals surface area contributed by atoms with Crippen LogP contribution in [0.5, 0.6) is 17.2 Å². The van der Waals surface area contributed by atoms with Crippen LogP contribution in [0.3, 0.4) is 0 Å². The second-order valence-corrected chi connectivity index (χ2v) is 10.8. The lowest BCUT2D eigenvalue weighted by Crippen LogP contribution is -2.28. The molecule has 0 N–H and O–H groups in total. The molecule has 214 valence electrons. The minimum atomic E-state index is -0.216. The van der Waals surface area contributed by atoms with E-state index in [9.17, 15) is 4.79 Å². The van der Waals surface area contributed by atoms with Gasteiger partial charge in [-0.2, -0.15) is 5.10 Å². The molecule has 0 spiro atoms. The second-order valence-electron chi connectivity index (χ2n) is 8.92. The van der Waals surface area contributed by atoms with E-state index < -0.39 is 0 Å². The Hall–Kier alpha value is -4.18. The van der Waals surface area contributed by atoms with Crippen LogP contribution in [0.25, 0.3) is 6.08 Å². The number of nitrogens with zero attached hydrogens (tertiary/aromatic N) is 3. The minimum Gasteiger partial charge on any atom is -0.497 e. The fraction of sp³-hybridized carbons (Fsp3) is 0.129. The Morgan fingerprint density at radius 2 is 1.76 bits per heavy atom. The molecule has 0 unspecified atom stereocenters. The van der Waals surface area contributed by atoms with Crippen molar-refractivity contribution in [3.8, 4) is 17.2 Å². The maximum absolute atomic E-state index is 13.5. The van der Waals surface area contributed by atoms with E-state index in [0.717, 1.165) is 22.4 Å². The summed E-state index contributed by atoms with van der Waals surface area (Å²) in [5.74, 6) is 2.20. The molecular weight excluding hydrogens is 597 g/mol. The van der Waals surface area contributed by atoms with Crippen LogP contribution in [0.1, 0.15) is 22.5 Å². The van der Waals surface area contributed by atoms with Crippen molar-refractivity contribution < 1.29 is 23.4 Å². The third-order valence-corrected chi connectivity index (χ3v) is 7.72. The molecule has 0 atom stereocenters. The number of amidine groups is 1. The first kappa shape index (κ1) is 29.3. The van der Waals surface area contributed by atoms with Crippen LogP contribution in [0.4, 0.5) is 0 Å². The van der Waals surface area contributed by atoms with Crippen molar-refractivity contribution in [1.29, 1.82) is 0 Å². The van der Waals surface area contributed by atoms with Crippen LogP contribution in [0, 0.1) is 0 Å². The predicted octanol–water partition coefficient (Wildman–Crippen LogP) is 7.69. The van der Waals surface area contributed by atoms with Gasteiger partial charge in [-0.1, -0.05) is 35.3 Å². The van der Waals surface area contributed by atoms with Crippen LogP contribution in [0.2, 0.25) is 10.0 Å². The molecule has 1 aromatic heterocycles. The van der Waals surface area contributed by atoms with Gasteiger partial charge in [0.05, 0.1) is 38.1 Å². The first-order chi connectivity index (χ1) is 20.4. The monoisotopic (exact) mass is 621 g/mol. The van der Waals surface area contributed by atoms with Gasteiger partial charge >= 0.3 is 0 Å². The number of halogens is 2. The summed E-state index contributed by atoms with van der Waals surface area (Å²) in [6.07, 6.45) is 4.96. The summed E-state index contributed by atoms with van der Waals surface area (Å²) in [5.41, 5.74) is 2.39. The van der Waals surface area contributed by atoms with Gasteiger partial charge in [0.1, 0.15) is 18.1 Å². The SMILES string of the molecule is COc1ccc(/C=N/N=C2\S/C(=C\c3ccc(OCc4ccc(Cl)cc4Cl)c(OC)c3)C(=O)N2Cc2ccco2)cc1. The van der Waals surface area contributed by atoms with E-state index in [1.165, 1.54) is 16.7 Å². The van der Waals surface area contributed by atoms with Crippen molar-refractivity contribution in [3.05, 3.63) is 116 Å². The molecule has 0 saturated carbocycles. The lowest BCUT2D eigenvalue weighted by atomic mass is 10.1. The first-order valence-corrected chi connectivity index (χ1v) is 14.2. The number of carbonyl (C=O) groups is 1. The highest BCUT2D eigenvalue weighted by Crippen LogP contribution is 2.36. The third kappa shape index (κ3) is 7.17. The Labute approximate surface area is 257 Å². The summed E-state index contributed by atoms with van der Waals surface area (Å²) in [6.45, 7) is 0.455. The molecule has 4 aromatic rings. The van der Waals surface area contributed by atoms with Crippen LogP contribution in [0.15, 0.2) is 98.6 Å². The zero-order valence-corrected chi connectivity index (χ0v) is 24.9. The van der Waals surface area contributed by atoms with E-state index >= 15 is 0 Å². The van der Waals surface area contributed by atoms with Crippen molar-refractivity contribution >= 4 is 58.3 Å². The van der Waals surface area contributed by atoms with Gasteiger partial charge in [-0.15, -0.1) is 5.10 Å². The van der Waals surface area contributed by atoms with Crippen molar-refractivity contribution in [3.63, 3.8) is 0 Å². The Kier molecular flexibility index (Phi) is 9.53. The number of hydrogen-bond donors (Lipinski definition) is 0. The highest BCUT2D eigenvalue weighted by Gasteiger charge is 2.34. The molecule has 3 aromatic carbocycles. The van der Waals surface area contributed by atoms with E-state index in [1.807, 2.05) is 36.4 Å². The molecule has 0 radical (unpaired) electrons. The van der Waals surface area contributed by atoms with Crippen LogP contribution in [-0.2, 0) is 17.9 Å². The zero-order valence-electron chi connectivity index (χ0n) is 22.6. The van der Waals surface area contributed by atoms with Crippen molar-refractivity contribution in [2.75, 3.05) is 14.2 Å². The van der Waals surface area contributed by atoms with Crippen molar-refractivity contribution in [2.45, 2.75) is 13.2 Å². The van der Waals surface area contributed by atoms with E-state index in [2.05, 4.69) is 10.2 Å². The number of amides is 1. The van der Waals surface area contributed by atoms with Gasteiger partial charge in [0.2, 0.25) is 0 Å². The van der Waals surface area contributed by atoms with Crippen LogP contribution >= 0.6 is 35.0 Å². The molecule has 1 aliphatic rings. The Morgan fingerprint density at radius 3 is 2.48 bits per heavy atom. The standard InChI is InChI=1S/C31H25Cl2N3O5S/c1-38-24-10-5-20(6-11-24)17-34-35-31-36(18-25-4-3-13-40-25)30(37)29(42-31)15-21-7-12-27(28(14-21)39-2)41-19-22-8-9-23(32)16-26(22)33/h3-17H,18-19H2,1-2H3/b29-15-,34-17+,35-31-. The number of rotatable bonds is 10. The number of carbonyl (C=O) groups excluding carboxylic acids is 1. The number of furan rings is 1. The molecule has 2 heterocycles. The molecule has 11 heteroatoms. The van der Waals surface area contributed by atoms with Gasteiger partial charge in [0.15, 0.2) is 16.7 Å². The van der Waals surface area contributed by atoms with Gasteiger partial charge in [-0.3, -0.25) is 9.69 Å². The number of hydrogen-bond acceptors (Lipinski definition) is 8. The maximum Gasteiger partial charge on any atom is 0.267 e. The van der Waals surface area contributed by atoms with Gasteiger partial charge in [0, 0.05) is 15.6 Å². The molecule has 5 rings (SSSR count). The van der Waals surface area contributed by atoms with Gasteiger partial charge in [0.25, 0.3) is 5.91 Å². The molecule has 1 amide bonds. The Morgan fingerprint density at radius 1 is 0.952 bits per heavy atom. The average Bonchev–Trinajstić information content (AvgIpc) is 3.62. The normalized spacial score (nSPS) is 15.2. The van der Waals surface area contributed by atoms with Crippen LogP contribution < -0.4 is 14.2 Å².